The van der Waals surface area contributed by atoms with E-state index in [9.17, 15) is 9.59 Å². The number of hydrogen-bond acceptors (Lipinski definition) is 5. The van der Waals surface area contributed by atoms with Crippen molar-refractivity contribution in [3.63, 3.8) is 0 Å². The third-order valence-electron chi connectivity index (χ3n) is 3.92. The number of nitrogens with zero attached hydrogens (tertiary/aromatic N) is 3. The predicted octanol–water partition coefficient (Wildman–Crippen LogP) is 2.04. The first-order valence-electron chi connectivity index (χ1n) is 7.81. The van der Waals surface area contributed by atoms with E-state index in [4.69, 9.17) is 16.1 Å². The van der Waals surface area contributed by atoms with Crippen molar-refractivity contribution in [1.29, 1.82) is 0 Å². The summed E-state index contributed by atoms with van der Waals surface area (Å²) in [6.07, 6.45) is 1.64. The maximum atomic E-state index is 11.9. The number of nitrogens with one attached hydrogen (secondary N) is 1. The summed E-state index contributed by atoms with van der Waals surface area (Å²) in [6.45, 7) is 4.77. The smallest absolute Gasteiger partial charge is 0.246 e. The van der Waals surface area contributed by atoms with Gasteiger partial charge >= 0.3 is 0 Å². The van der Waals surface area contributed by atoms with E-state index < -0.39 is 0 Å². The minimum absolute atomic E-state index is 0.0998. The van der Waals surface area contributed by atoms with Crippen molar-refractivity contribution in [2.75, 3.05) is 13.1 Å². The van der Waals surface area contributed by atoms with Crippen molar-refractivity contribution in [2.45, 2.75) is 13.0 Å². The molecule has 7 nitrogen and oxygen atoms in total. The predicted molar refractivity (Wildman–Crippen MR) is 91.5 cm³/mol. The molecule has 0 aliphatic carbocycles. The molecular formula is C17H17ClN4O3. The number of likely N-dealkylation sites (tertiary alicyclic amines) is 1. The highest BCUT2D eigenvalue weighted by atomic mass is 35.5. The lowest BCUT2D eigenvalue weighted by molar-refractivity contribution is -0.135. The van der Waals surface area contributed by atoms with Crippen molar-refractivity contribution in [3.8, 4) is 11.4 Å². The molecule has 1 aromatic carbocycles. The molecule has 1 aliphatic rings. The number of hydrogen-bond donors (Lipinski definition) is 1. The van der Waals surface area contributed by atoms with Crippen LogP contribution in [0.25, 0.3) is 11.4 Å². The zero-order valence-corrected chi connectivity index (χ0v) is 14.2. The molecule has 0 saturated carbocycles. The van der Waals surface area contributed by atoms with E-state index >= 15 is 0 Å². The number of halogens is 1. The van der Waals surface area contributed by atoms with Gasteiger partial charge in [-0.15, -0.1) is 0 Å². The van der Waals surface area contributed by atoms with Crippen LogP contribution in [0.2, 0.25) is 5.02 Å². The fourth-order valence-electron chi connectivity index (χ4n) is 2.56. The number of carbonyl (C=O) groups is 2. The minimum atomic E-state index is -0.109. The minimum Gasteiger partial charge on any atom is -0.347 e. The molecule has 1 N–H and O–H groups in total. The molecule has 2 heterocycles. The lowest BCUT2D eigenvalue weighted by Gasteiger charge is -2.38. The zero-order valence-electron chi connectivity index (χ0n) is 13.4. The lowest BCUT2D eigenvalue weighted by atomic mass is 9.96. The molecule has 0 atom stereocenters. The molecule has 1 fully saturated rings. The zero-order chi connectivity index (χ0) is 17.8. The molecule has 0 spiro atoms. The average molecular weight is 361 g/mol. The molecule has 2 aromatic rings. The molecule has 0 bridgehead atoms. The summed E-state index contributed by atoms with van der Waals surface area (Å²) < 4.78 is 5.14. The van der Waals surface area contributed by atoms with E-state index in [1.54, 1.807) is 29.2 Å². The summed E-state index contributed by atoms with van der Waals surface area (Å²) in [4.78, 5) is 29.2. The quantitative estimate of drug-likeness (QED) is 0.796. The third kappa shape index (κ3) is 4.24. The first-order chi connectivity index (χ1) is 12.0. The van der Waals surface area contributed by atoms with Crippen LogP contribution in [0.5, 0.6) is 0 Å². The highest BCUT2D eigenvalue weighted by Crippen LogP contribution is 2.20. The van der Waals surface area contributed by atoms with Crippen LogP contribution in [0, 0.1) is 5.92 Å². The van der Waals surface area contributed by atoms with Gasteiger partial charge in [0.1, 0.15) is 0 Å². The molecule has 25 heavy (non-hydrogen) atoms. The van der Waals surface area contributed by atoms with Crippen LogP contribution in [0.1, 0.15) is 12.3 Å². The summed E-state index contributed by atoms with van der Waals surface area (Å²) in [6, 6.07) is 7.08. The summed E-state index contributed by atoms with van der Waals surface area (Å²) in [5.41, 5.74) is 0.784. The van der Waals surface area contributed by atoms with Crippen molar-refractivity contribution in [3.05, 3.63) is 47.8 Å². The Morgan fingerprint density at radius 2 is 2.08 bits per heavy atom. The van der Waals surface area contributed by atoms with Gasteiger partial charge in [-0.2, -0.15) is 4.98 Å². The number of carbonyl (C=O) groups excluding carboxylic acids is 2. The molecular weight excluding hydrogens is 344 g/mol. The Balaban J connectivity index is 1.45. The van der Waals surface area contributed by atoms with Crippen LogP contribution in [0.15, 0.2) is 41.4 Å². The standard InChI is InChI=1S/C17H17ClN4O3/c1-2-16(24)22-9-11(10-22)7-14(23)19-8-15-20-17(21-25-15)12-3-5-13(18)6-4-12/h2-6,11H,1,7-10H2,(H,19,23). The molecule has 3 rings (SSSR count). The van der Waals surface area contributed by atoms with Crippen LogP contribution in [-0.4, -0.2) is 39.9 Å². The fraction of sp³-hybridized carbons (Fsp3) is 0.294. The Morgan fingerprint density at radius 3 is 2.76 bits per heavy atom. The maximum absolute atomic E-state index is 11.9. The second kappa shape index (κ2) is 7.48. The van der Waals surface area contributed by atoms with E-state index in [2.05, 4.69) is 22.0 Å². The summed E-state index contributed by atoms with van der Waals surface area (Å²) in [5.74, 6) is 0.740. The van der Waals surface area contributed by atoms with Gasteiger partial charge in [-0.25, -0.2) is 0 Å². The maximum Gasteiger partial charge on any atom is 0.246 e. The van der Waals surface area contributed by atoms with Gasteiger partial charge < -0.3 is 14.7 Å². The van der Waals surface area contributed by atoms with E-state index in [0.29, 0.717) is 36.2 Å². The number of benzene rings is 1. The fourth-order valence-corrected chi connectivity index (χ4v) is 2.69. The van der Waals surface area contributed by atoms with Gasteiger partial charge in [-0.1, -0.05) is 23.3 Å². The Hall–Kier alpha value is -2.67. The summed E-state index contributed by atoms with van der Waals surface area (Å²) in [7, 11) is 0. The summed E-state index contributed by atoms with van der Waals surface area (Å²) >= 11 is 5.84. The Labute approximate surface area is 149 Å². The molecule has 1 aromatic heterocycles. The van der Waals surface area contributed by atoms with E-state index in [0.717, 1.165) is 5.56 Å². The van der Waals surface area contributed by atoms with Gasteiger partial charge in [-0.05, 0) is 30.3 Å². The van der Waals surface area contributed by atoms with Crippen LogP contribution >= 0.6 is 11.6 Å². The number of amides is 2. The van der Waals surface area contributed by atoms with E-state index in [1.807, 2.05) is 0 Å². The van der Waals surface area contributed by atoms with Crippen LogP contribution in [-0.2, 0) is 16.1 Å². The van der Waals surface area contributed by atoms with Gasteiger partial charge in [-0.3, -0.25) is 9.59 Å². The Bertz CT molecular complexity index is 781. The van der Waals surface area contributed by atoms with E-state index in [1.165, 1.54) is 6.08 Å². The Morgan fingerprint density at radius 1 is 1.36 bits per heavy atom. The highest BCUT2D eigenvalue weighted by molar-refractivity contribution is 6.30. The van der Waals surface area contributed by atoms with Crippen LogP contribution in [0.3, 0.4) is 0 Å². The lowest BCUT2D eigenvalue weighted by Crippen LogP contribution is -2.50. The largest absolute Gasteiger partial charge is 0.347 e. The molecule has 8 heteroatoms. The molecule has 1 aliphatic heterocycles. The molecule has 0 unspecified atom stereocenters. The molecule has 130 valence electrons. The van der Waals surface area contributed by atoms with Gasteiger partial charge in [0.2, 0.25) is 23.5 Å². The third-order valence-corrected chi connectivity index (χ3v) is 4.18. The monoisotopic (exact) mass is 360 g/mol. The van der Waals surface area contributed by atoms with Crippen molar-refractivity contribution in [2.24, 2.45) is 5.92 Å². The number of aromatic nitrogens is 2. The van der Waals surface area contributed by atoms with Crippen molar-refractivity contribution in [1.82, 2.24) is 20.4 Å². The van der Waals surface area contributed by atoms with Gasteiger partial charge in [0.25, 0.3) is 0 Å². The van der Waals surface area contributed by atoms with Crippen molar-refractivity contribution < 1.29 is 14.1 Å². The van der Waals surface area contributed by atoms with Crippen molar-refractivity contribution >= 4 is 23.4 Å². The molecule has 0 radical (unpaired) electrons. The highest BCUT2D eigenvalue weighted by Gasteiger charge is 2.30. The van der Waals surface area contributed by atoms with Gasteiger partial charge in [0, 0.05) is 36.0 Å². The van der Waals surface area contributed by atoms with Crippen LogP contribution in [0.4, 0.5) is 0 Å². The second-order valence-electron chi connectivity index (χ2n) is 5.81. The molecule has 2 amide bonds. The normalized spacial score (nSPS) is 14.0. The van der Waals surface area contributed by atoms with Crippen LogP contribution < -0.4 is 5.32 Å². The summed E-state index contributed by atoms with van der Waals surface area (Å²) in [5, 5.41) is 7.27. The van der Waals surface area contributed by atoms with E-state index in [-0.39, 0.29) is 24.3 Å². The SMILES string of the molecule is C=CC(=O)N1CC(CC(=O)NCc2nc(-c3ccc(Cl)cc3)no2)C1. The topological polar surface area (TPSA) is 88.3 Å². The average Bonchev–Trinajstić information content (AvgIpc) is 3.05. The molecule has 1 saturated heterocycles. The van der Waals surface area contributed by atoms with Gasteiger partial charge in [0.15, 0.2) is 0 Å². The number of rotatable bonds is 6. The first kappa shape index (κ1) is 17.2. The van der Waals surface area contributed by atoms with Gasteiger partial charge in [0.05, 0.1) is 6.54 Å². The first-order valence-corrected chi connectivity index (χ1v) is 8.19. The second-order valence-corrected chi connectivity index (χ2v) is 6.25. The Kier molecular flexibility index (Phi) is 5.14.